The molecular formula is C126H171ClN8O8. The van der Waals surface area contributed by atoms with Crippen molar-refractivity contribution in [3.63, 3.8) is 0 Å². The number of nitrogens with two attached hydrogens (primary N) is 1. The van der Waals surface area contributed by atoms with Crippen molar-refractivity contribution < 1.29 is 38.4 Å². The molecule has 0 aliphatic heterocycles. The fourth-order valence-electron chi connectivity index (χ4n) is 12.7. The maximum atomic E-state index is 12.2. The van der Waals surface area contributed by atoms with Gasteiger partial charge in [-0.2, -0.15) is 4.98 Å². The number of amides is 1. The van der Waals surface area contributed by atoms with E-state index in [9.17, 15) is 15.0 Å². The Kier molecular flexibility index (Phi) is 49.2. The molecule has 0 saturated heterocycles. The molecule has 1 aliphatic rings. The molecule has 0 bridgehead atoms. The van der Waals surface area contributed by atoms with Gasteiger partial charge in [0.15, 0.2) is 17.1 Å². The predicted molar refractivity (Wildman–Crippen MR) is 608 cm³/mol. The highest BCUT2D eigenvalue weighted by atomic mass is 35.5. The van der Waals surface area contributed by atoms with E-state index in [0.717, 1.165) is 103 Å². The third-order valence-corrected chi connectivity index (χ3v) is 21.2. The Morgan fingerprint density at radius 1 is 0.476 bits per heavy atom. The molecule has 9 N–H and O–H groups in total. The lowest BCUT2D eigenvalue weighted by atomic mass is 9.84. The molecule has 1 aliphatic carbocycles. The van der Waals surface area contributed by atoms with E-state index in [1.54, 1.807) is 66.6 Å². The first-order chi connectivity index (χ1) is 66.4. The minimum absolute atomic E-state index is 0.00712. The number of hydrogen-bond donors (Lipinski definition) is 8. The lowest BCUT2D eigenvalue weighted by Gasteiger charge is -2.27. The molecular weight excluding hydrogens is 1790 g/mol. The number of para-hydroxylation sites is 2. The number of nitrogens with one attached hydrogen (secondary N) is 5. The van der Waals surface area contributed by atoms with Crippen molar-refractivity contribution >= 4 is 57.4 Å². The zero-order valence-corrected chi connectivity index (χ0v) is 93.7. The highest BCUT2D eigenvalue weighted by Crippen LogP contribution is 2.41. The first kappa shape index (κ1) is 123. The van der Waals surface area contributed by atoms with Crippen LogP contribution >= 0.6 is 11.6 Å². The van der Waals surface area contributed by atoms with Gasteiger partial charge in [0.25, 0.3) is 11.9 Å². The van der Waals surface area contributed by atoms with Crippen LogP contribution < -0.4 is 51.3 Å². The van der Waals surface area contributed by atoms with Gasteiger partial charge in [-0.15, -0.1) is 0 Å². The first-order valence-corrected chi connectivity index (χ1v) is 49.9. The van der Waals surface area contributed by atoms with Crippen molar-refractivity contribution in [3.8, 4) is 70.4 Å². The van der Waals surface area contributed by atoms with Gasteiger partial charge in [-0.3, -0.25) is 9.78 Å². The van der Waals surface area contributed by atoms with E-state index in [1.807, 2.05) is 161 Å². The third-order valence-electron chi connectivity index (χ3n) is 21.0. The summed E-state index contributed by atoms with van der Waals surface area (Å²) in [6.45, 7) is 70.9. The number of halogens is 1. The largest absolute Gasteiger partial charge is 0.497 e. The number of hydrogen-bond acceptors (Lipinski definition) is 15. The highest BCUT2D eigenvalue weighted by molar-refractivity contribution is 6.31. The summed E-state index contributed by atoms with van der Waals surface area (Å²) in [6, 6.07) is 75.1. The van der Waals surface area contributed by atoms with E-state index in [-0.39, 0.29) is 54.6 Å². The molecule has 1 amide bonds. The molecule has 11 aromatic rings. The molecule has 16 nitrogen and oxygen atoms in total. The van der Waals surface area contributed by atoms with E-state index >= 15 is 0 Å². The Labute approximate surface area is 867 Å². The number of carbonyl (C=O) groups excluding carboxylic acids is 1. The van der Waals surface area contributed by atoms with Gasteiger partial charge in [-0.05, 0) is 292 Å². The third kappa shape index (κ3) is 53.0. The number of methoxy groups -OCH3 is 4. The van der Waals surface area contributed by atoms with Crippen LogP contribution in [-0.4, -0.2) is 72.3 Å². The number of anilines is 5. The summed E-state index contributed by atoms with van der Waals surface area (Å²) >= 11 is 5.88. The summed E-state index contributed by atoms with van der Waals surface area (Å²) in [4.78, 5) is 20.8. The van der Waals surface area contributed by atoms with E-state index in [0.29, 0.717) is 45.2 Å². The molecule has 0 atom stereocenters. The molecule has 9 aromatic carbocycles. The number of aromatic nitrogens is 2. The molecule has 2 heterocycles. The Bertz CT molecular complexity index is 5860. The quantitative estimate of drug-likeness (QED) is 0.0296. The van der Waals surface area contributed by atoms with Gasteiger partial charge in [0.05, 0.1) is 45.5 Å². The van der Waals surface area contributed by atoms with Gasteiger partial charge < -0.3 is 65.9 Å². The maximum Gasteiger partial charge on any atom is 0.295 e. The summed E-state index contributed by atoms with van der Waals surface area (Å²) < 4.78 is 26.8. The second-order valence-electron chi connectivity index (χ2n) is 45.8. The minimum atomic E-state index is -0.854. The monoisotopic (exact) mass is 1960 g/mol. The van der Waals surface area contributed by atoms with Crippen LogP contribution in [0.3, 0.4) is 0 Å². The summed E-state index contributed by atoms with van der Waals surface area (Å²) in [5.41, 5.74) is 22.9. The summed E-state index contributed by atoms with van der Waals surface area (Å²) in [5.74, 6) is 26.8. The zero-order valence-electron chi connectivity index (χ0n) is 92.9. The van der Waals surface area contributed by atoms with Gasteiger partial charge >= 0.3 is 0 Å². The molecule has 143 heavy (non-hydrogen) atoms. The highest BCUT2D eigenvalue weighted by Gasteiger charge is 2.28. The molecule has 1 saturated carbocycles. The maximum absolute atomic E-state index is 12.2. The van der Waals surface area contributed by atoms with Crippen molar-refractivity contribution in [3.05, 3.63) is 304 Å². The van der Waals surface area contributed by atoms with Gasteiger partial charge in [-0.25, -0.2) is 0 Å². The average molecular weight is 1960 g/mol. The average Bonchev–Trinajstić information content (AvgIpc) is 1.81. The van der Waals surface area contributed by atoms with Crippen LogP contribution in [0.4, 0.5) is 28.8 Å². The summed E-state index contributed by atoms with van der Waals surface area (Å²) in [5, 5.41) is 36.2. The van der Waals surface area contributed by atoms with Gasteiger partial charge in [0, 0.05) is 100 Å². The predicted octanol–water partition coefficient (Wildman–Crippen LogP) is 30.9. The number of carbonyl (C=O) groups is 1. The molecule has 12 rings (SSSR count). The van der Waals surface area contributed by atoms with Gasteiger partial charge in [0.2, 0.25) is 5.75 Å². The van der Waals surface area contributed by atoms with E-state index in [2.05, 4.69) is 329 Å². The standard InChI is InChI=1S/C20H27NO3.C18H23NO.C17H20N2O.C17H22N2.C12H15ClN2O.C12H20O.C12H14.C9H16O.C9H14/c1-20(2,3)15-9-7-14(8-10-15)13-21-16-11-17(22-4)19(24-6)18(12-16)23-5;1-18(2,3)15-7-5-14(6-8-15)13-19-16-9-11-17(20-4)12-10-16;1-17(2,3)13-10-8-12(9-11-13)16(20)19-15-7-5-4-6-14(15)18;1-17(2,3)15-9-7-14(8-10-15)12-18-13-16-6-4-5-11-19-16;1-12(2,3)7-14-11-15-9-6-8(13)4-5-10(9)16-11;1-11(2,3)9-10-12(13)7-5-4-6-8-12;1-12(2,3)10-9-11-7-5-4-6-8-11;1-8(2,3)6-7-9(4,5)10;1-8(2)6-7-9(3,4)5/h7-12,21H,13H2,1-6H3;5-12,19H,13H2,1-4H3;4-11H,18H2,1-3H3,(H,19,20);4-11,18H,12-13H2,1-3H3;4-6H,7H2,1-3H3,(H,14,15);13H,4-8H2,1-3H3;4-8H,1-3H3;10H,1-5H3;1H2,2-5H3. The number of rotatable bonds is 18. The molecule has 1 fully saturated rings. The van der Waals surface area contributed by atoms with Crippen LogP contribution in [0.15, 0.2) is 247 Å². The number of fused-ring (bicyclic) bond motifs is 1. The SMILES string of the molecule is C=C(C)C#CC(C)(C)C.CC(C)(C)C#CC(C)(C)O.CC(C)(C)C#CC1(O)CCCCC1.CC(C)(C)C#Cc1ccccc1.CC(C)(C)CNc1nc2cc(Cl)ccc2o1.CC(C)(C)c1ccc(C(=O)Nc2ccccc2N)cc1.CC(C)(C)c1ccc(CNCc2ccccn2)cc1.COc1cc(NCc2ccc(C(C)(C)C)cc2)cc(OC)c1OC.COc1ccc(NCc2ccc(C(C)(C)C)cc2)cc1. The molecule has 0 unspecified atom stereocenters. The van der Waals surface area contributed by atoms with Crippen molar-refractivity contribution in [2.75, 3.05) is 62.0 Å². The number of ether oxygens (including phenoxy) is 4. The Hall–Kier alpha value is -12.4. The Balaban J connectivity index is 0.000000340. The topological polar surface area (TPSA) is 220 Å². The lowest BCUT2D eigenvalue weighted by molar-refractivity contribution is 0.0606. The second kappa shape index (κ2) is 57.2. The van der Waals surface area contributed by atoms with Crippen LogP contribution in [0.5, 0.6) is 23.0 Å². The lowest BCUT2D eigenvalue weighted by Crippen LogP contribution is -2.29. The fourth-order valence-corrected chi connectivity index (χ4v) is 12.9. The number of nitrogens with zero attached hydrogens (tertiary/aromatic N) is 2. The van der Waals surface area contributed by atoms with Crippen LogP contribution in [0.1, 0.15) is 300 Å². The number of oxazole rings is 1. The summed E-state index contributed by atoms with van der Waals surface area (Å²) in [7, 11) is 6.52. The molecule has 2 aromatic heterocycles. The van der Waals surface area contributed by atoms with E-state index in [1.165, 1.54) is 45.4 Å². The molecule has 0 radical (unpaired) electrons. The zero-order chi connectivity index (χ0) is 107. The molecule has 0 spiro atoms. The van der Waals surface area contributed by atoms with Crippen LogP contribution in [0.25, 0.3) is 11.1 Å². The normalized spacial score (nSPS) is 12.2. The van der Waals surface area contributed by atoms with Crippen molar-refractivity contribution in [2.24, 2.45) is 27.1 Å². The molecule has 770 valence electrons. The van der Waals surface area contributed by atoms with Crippen LogP contribution in [0.2, 0.25) is 5.02 Å². The number of aliphatic hydroxyl groups is 2. The first-order valence-electron chi connectivity index (χ1n) is 49.5. The summed E-state index contributed by atoms with van der Waals surface area (Å²) in [6.07, 6.45) is 7.03. The second-order valence-corrected chi connectivity index (χ2v) is 46.3. The van der Waals surface area contributed by atoms with E-state index < -0.39 is 11.2 Å². The number of pyridine rings is 1. The fraction of sp³-hybridized carbons (Fsp3) is 0.437. The van der Waals surface area contributed by atoms with Crippen LogP contribution in [-0.2, 0) is 47.8 Å². The van der Waals surface area contributed by atoms with Crippen molar-refractivity contribution in [2.45, 2.75) is 299 Å². The molecule has 17 heteroatoms. The number of nitrogen functional groups attached to an aromatic ring is 1. The van der Waals surface area contributed by atoms with Crippen LogP contribution in [0, 0.1) is 74.4 Å². The Morgan fingerprint density at radius 2 is 0.930 bits per heavy atom. The Morgan fingerprint density at radius 3 is 1.34 bits per heavy atom. The van der Waals surface area contributed by atoms with E-state index in [4.69, 9.17) is 40.7 Å². The van der Waals surface area contributed by atoms with Crippen molar-refractivity contribution in [1.29, 1.82) is 0 Å². The van der Waals surface area contributed by atoms with Gasteiger partial charge in [0.1, 0.15) is 22.5 Å². The minimum Gasteiger partial charge on any atom is -0.497 e. The number of benzene rings is 9. The van der Waals surface area contributed by atoms with Gasteiger partial charge in [-0.1, -0.05) is 297 Å². The number of allylic oxidation sites excluding steroid dienone is 1. The van der Waals surface area contributed by atoms with Crippen molar-refractivity contribution in [1.82, 2.24) is 15.3 Å². The smallest absolute Gasteiger partial charge is 0.295 e.